The Hall–Kier alpha value is -1.92. The number of nitrogens with zero attached hydrogens (tertiary/aromatic N) is 2. The maximum atomic E-state index is 12.1. The Bertz CT molecular complexity index is 794. The minimum Gasteiger partial charge on any atom is -0.350 e. The topological polar surface area (TPSA) is 46.9 Å². The highest BCUT2D eigenvalue weighted by molar-refractivity contribution is 9.10. The van der Waals surface area contributed by atoms with Crippen LogP contribution >= 0.6 is 27.3 Å². The molecule has 0 saturated carbocycles. The molecule has 2 aromatic heterocycles. The number of aryl methyl sites for hydroxylation is 1. The fourth-order valence-corrected chi connectivity index (χ4v) is 3.21. The highest BCUT2D eigenvalue weighted by Gasteiger charge is 2.08. The minimum absolute atomic E-state index is 0.0687. The van der Waals surface area contributed by atoms with E-state index < -0.39 is 0 Å². The van der Waals surface area contributed by atoms with Gasteiger partial charge in [-0.15, -0.1) is 11.3 Å². The summed E-state index contributed by atoms with van der Waals surface area (Å²) in [6.45, 7) is 3.22. The summed E-state index contributed by atoms with van der Waals surface area (Å²) in [6.07, 6.45) is 0. The third-order valence-electron chi connectivity index (χ3n) is 3.47. The van der Waals surface area contributed by atoms with E-state index in [1.165, 1.54) is 0 Å². The van der Waals surface area contributed by atoms with Crippen molar-refractivity contribution in [1.29, 1.82) is 0 Å². The Kier molecular flexibility index (Phi) is 4.93. The monoisotopic (exact) mass is 389 g/mol. The summed E-state index contributed by atoms with van der Waals surface area (Å²) < 4.78 is 2.89. The predicted octanol–water partition coefficient (Wildman–Crippen LogP) is 4.11. The van der Waals surface area contributed by atoms with Crippen molar-refractivity contribution < 1.29 is 4.79 Å². The first-order chi connectivity index (χ1) is 11.1. The molecule has 118 valence electrons. The lowest BCUT2D eigenvalue weighted by atomic mass is 10.2. The van der Waals surface area contributed by atoms with E-state index in [1.54, 1.807) is 23.5 Å². The zero-order chi connectivity index (χ0) is 16.2. The van der Waals surface area contributed by atoms with E-state index in [1.807, 2.05) is 35.2 Å². The van der Waals surface area contributed by atoms with E-state index in [0.29, 0.717) is 18.7 Å². The molecule has 0 bridgehead atoms. The molecule has 23 heavy (non-hydrogen) atoms. The van der Waals surface area contributed by atoms with Crippen molar-refractivity contribution in [1.82, 2.24) is 15.1 Å². The molecule has 0 spiro atoms. The smallest absolute Gasteiger partial charge is 0.251 e. The SMILES string of the molecule is Cc1cc(-c2cccs2)nn1CCNC(=O)c1ccc(Br)cc1. The molecular weight excluding hydrogens is 374 g/mol. The Morgan fingerprint density at radius 1 is 1.30 bits per heavy atom. The molecule has 0 fully saturated rings. The number of carbonyl (C=O) groups is 1. The van der Waals surface area contributed by atoms with Crippen LogP contribution in [0.3, 0.4) is 0 Å². The van der Waals surface area contributed by atoms with E-state index in [2.05, 4.69) is 38.5 Å². The van der Waals surface area contributed by atoms with Gasteiger partial charge in [0.05, 0.1) is 11.4 Å². The molecule has 4 nitrogen and oxygen atoms in total. The zero-order valence-electron chi connectivity index (χ0n) is 12.6. The van der Waals surface area contributed by atoms with Gasteiger partial charge in [-0.2, -0.15) is 5.10 Å². The van der Waals surface area contributed by atoms with Gasteiger partial charge in [0.1, 0.15) is 5.69 Å². The molecule has 1 aromatic carbocycles. The molecule has 0 aliphatic heterocycles. The molecule has 0 atom stereocenters. The Balaban J connectivity index is 1.58. The van der Waals surface area contributed by atoms with Crippen molar-refractivity contribution in [3.8, 4) is 10.6 Å². The van der Waals surface area contributed by atoms with Crippen LogP contribution in [0.2, 0.25) is 0 Å². The Morgan fingerprint density at radius 2 is 2.09 bits per heavy atom. The predicted molar refractivity (Wildman–Crippen MR) is 96.8 cm³/mol. The molecule has 3 aromatic rings. The summed E-state index contributed by atoms with van der Waals surface area (Å²) in [5.41, 5.74) is 2.73. The molecule has 0 radical (unpaired) electrons. The number of aromatic nitrogens is 2. The van der Waals surface area contributed by atoms with Crippen LogP contribution in [0.15, 0.2) is 52.3 Å². The number of halogens is 1. The number of benzene rings is 1. The number of thiophene rings is 1. The zero-order valence-corrected chi connectivity index (χ0v) is 15.0. The summed E-state index contributed by atoms with van der Waals surface area (Å²) in [5.74, 6) is -0.0687. The van der Waals surface area contributed by atoms with E-state index >= 15 is 0 Å². The fourth-order valence-electron chi connectivity index (χ4n) is 2.26. The summed E-state index contributed by atoms with van der Waals surface area (Å²) in [6, 6.07) is 13.5. The van der Waals surface area contributed by atoms with Gasteiger partial charge >= 0.3 is 0 Å². The number of hydrogen-bond acceptors (Lipinski definition) is 3. The van der Waals surface area contributed by atoms with Crippen LogP contribution < -0.4 is 5.32 Å². The van der Waals surface area contributed by atoms with Crippen molar-refractivity contribution in [2.45, 2.75) is 13.5 Å². The van der Waals surface area contributed by atoms with E-state index in [0.717, 1.165) is 20.7 Å². The quantitative estimate of drug-likeness (QED) is 0.713. The van der Waals surface area contributed by atoms with Gasteiger partial charge in [0.15, 0.2) is 0 Å². The van der Waals surface area contributed by atoms with Gasteiger partial charge in [-0.05, 0) is 48.7 Å². The molecule has 3 rings (SSSR count). The lowest BCUT2D eigenvalue weighted by Crippen LogP contribution is -2.27. The number of carbonyl (C=O) groups excluding carboxylic acids is 1. The van der Waals surface area contributed by atoms with Crippen LogP contribution in [0.25, 0.3) is 10.6 Å². The standard InChI is InChI=1S/C17H16BrN3OS/c1-12-11-15(16-3-2-10-23-16)20-21(12)9-8-19-17(22)13-4-6-14(18)7-5-13/h2-7,10-11H,8-9H2,1H3,(H,19,22). The lowest BCUT2D eigenvalue weighted by molar-refractivity contribution is 0.0952. The van der Waals surface area contributed by atoms with Crippen LogP contribution in [0.5, 0.6) is 0 Å². The van der Waals surface area contributed by atoms with Crippen LogP contribution in [-0.2, 0) is 6.54 Å². The average molecular weight is 390 g/mol. The molecule has 1 N–H and O–H groups in total. The van der Waals surface area contributed by atoms with Gasteiger partial charge in [0.25, 0.3) is 5.91 Å². The van der Waals surface area contributed by atoms with Crippen molar-refractivity contribution in [2.75, 3.05) is 6.54 Å². The molecule has 0 aliphatic rings. The van der Waals surface area contributed by atoms with Gasteiger partial charge < -0.3 is 5.32 Å². The van der Waals surface area contributed by atoms with E-state index in [-0.39, 0.29) is 5.91 Å². The van der Waals surface area contributed by atoms with E-state index in [4.69, 9.17) is 0 Å². The molecule has 1 amide bonds. The van der Waals surface area contributed by atoms with Gasteiger partial charge in [0, 0.05) is 22.3 Å². The summed E-state index contributed by atoms with van der Waals surface area (Å²) in [4.78, 5) is 13.2. The van der Waals surface area contributed by atoms with Crippen molar-refractivity contribution in [2.24, 2.45) is 0 Å². The highest BCUT2D eigenvalue weighted by atomic mass is 79.9. The highest BCUT2D eigenvalue weighted by Crippen LogP contribution is 2.23. The number of amides is 1. The van der Waals surface area contributed by atoms with Crippen LogP contribution in [0, 0.1) is 6.92 Å². The number of hydrogen-bond donors (Lipinski definition) is 1. The summed E-state index contributed by atoms with van der Waals surface area (Å²) in [5, 5.41) is 9.57. The van der Waals surface area contributed by atoms with Crippen molar-refractivity contribution >= 4 is 33.2 Å². The second-order valence-electron chi connectivity index (χ2n) is 5.13. The van der Waals surface area contributed by atoms with Crippen LogP contribution in [0.1, 0.15) is 16.1 Å². The van der Waals surface area contributed by atoms with Crippen LogP contribution in [-0.4, -0.2) is 22.2 Å². The second-order valence-corrected chi connectivity index (χ2v) is 7.00. The van der Waals surface area contributed by atoms with Gasteiger partial charge in [-0.3, -0.25) is 9.48 Å². The Morgan fingerprint density at radius 3 is 2.78 bits per heavy atom. The van der Waals surface area contributed by atoms with Crippen molar-refractivity contribution in [3.05, 3.63) is 63.6 Å². The molecule has 0 aliphatic carbocycles. The third kappa shape index (κ3) is 3.89. The minimum atomic E-state index is -0.0687. The number of nitrogens with one attached hydrogen (secondary N) is 1. The Labute approximate surface area is 147 Å². The number of rotatable bonds is 5. The van der Waals surface area contributed by atoms with Crippen molar-refractivity contribution in [3.63, 3.8) is 0 Å². The van der Waals surface area contributed by atoms with Crippen LogP contribution in [0.4, 0.5) is 0 Å². The fraction of sp³-hybridized carbons (Fsp3) is 0.176. The third-order valence-corrected chi connectivity index (χ3v) is 4.89. The molecule has 2 heterocycles. The summed E-state index contributed by atoms with van der Waals surface area (Å²) >= 11 is 5.04. The normalized spacial score (nSPS) is 10.7. The maximum Gasteiger partial charge on any atom is 0.251 e. The molecule has 0 saturated heterocycles. The average Bonchev–Trinajstić information content (AvgIpc) is 3.18. The first-order valence-electron chi connectivity index (χ1n) is 7.25. The van der Waals surface area contributed by atoms with E-state index in [9.17, 15) is 4.79 Å². The molecular formula is C17H16BrN3OS. The lowest BCUT2D eigenvalue weighted by Gasteiger charge is -2.07. The molecule has 0 unspecified atom stereocenters. The second kappa shape index (κ2) is 7.10. The van der Waals surface area contributed by atoms with Gasteiger partial charge in [0.2, 0.25) is 0 Å². The molecule has 6 heteroatoms. The maximum absolute atomic E-state index is 12.1. The summed E-state index contributed by atoms with van der Waals surface area (Å²) in [7, 11) is 0. The largest absolute Gasteiger partial charge is 0.350 e. The van der Waals surface area contributed by atoms with Gasteiger partial charge in [-0.1, -0.05) is 22.0 Å². The first kappa shape index (κ1) is 16.0. The van der Waals surface area contributed by atoms with Gasteiger partial charge in [-0.25, -0.2) is 0 Å². The first-order valence-corrected chi connectivity index (χ1v) is 8.93.